The van der Waals surface area contributed by atoms with Crippen molar-refractivity contribution in [2.24, 2.45) is 0 Å². The van der Waals surface area contributed by atoms with Crippen molar-refractivity contribution in [2.45, 2.75) is 23.1 Å². The van der Waals surface area contributed by atoms with Crippen LogP contribution in [-0.4, -0.2) is 37.7 Å². The number of aliphatic hydroxyl groups excluding tert-OH is 2. The van der Waals surface area contributed by atoms with Gasteiger partial charge in [-0.05, 0) is 0 Å². The van der Waals surface area contributed by atoms with E-state index in [1.165, 1.54) is 0 Å². The first-order valence-corrected chi connectivity index (χ1v) is 6.69. The monoisotopic (exact) mass is 306 g/mol. The summed E-state index contributed by atoms with van der Waals surface area (Å²) in [6, 6.07) is 0. The van der Waals surface area contributed by atoms with Crippen LogP contribution in [0.4, 0.5) is 8.78 Å². The molecule has 0 bridgehead atoms. The summed E-state index contributed by atoms with van der Waals surface area (Å²) in [6.07, 6.45) is -1.26. The first-order chi connectivity index (χ1) is 9.42. The number of nitrogens with one attached hydrogen (secondary N) is 1. The van der Waals surface area contributed by atoms with Gasteiger partial charge in [0.1, 0.15) is 0 Å². The molecule has 1 aliphatic heterocycles. The number of hydrogen-bond donors (Lipinski definition) is 3. The number of nitrogens with zero attached hydrogens (tertiary/aromatic N) is 1. The lowest BCUT2D eigenvalue weighted by Crippen LogP contribution is -2.32. The van der Waals surface area contributed by atoms with Crippen LogP contribution in [0.3, 0.4) is 0 Å². The fourth-order valence-corrected chi connectivity index (χ4v) is 3.36. The summed E-state index contributed by atoms with van der Waals surface area (Å²) in [4.78, 5) is 25.0. The summed E-state index contributed by atoms with van der Waals surface area (Å²) in [7, 11) is 0. The molecule has 1 aromatic rings. The van der Waals surface area contributed by atoms with Gasteiger partial charge in [-0.15, -0.1) is 11.8 Å². The maximum Gasteiger partial charge on any atom is 0.329 e. The summed E-state index contributed by atoms with van der Waals surface area (Å²) in [6.45, 7) is -0.258. The van der Waals surface area contributed by atoms with Gasteiger partial charge in [-0.1, -0.05) is 0 Å². The Balaban J connectivity index is 2.40. The first-order valence-electron chi connectivity index (χ1n) is 5.75. The lowest BCUT2D eigenvalue weighted by Gasteiger charge is -2.13. The average molecular weight is 306 g/mol. The highest BCUT2D eigenvalue weighted by Gasteiger charge is 2.34. The fourth-order valence-electron chi connectivity index (χ4n) is 1.99. The smallest absolute Gasteiger partial charge is 0.329 e. The van der Waals surface area contributed by atoms with Crippen LogP contribution in [0.2, 0.25) is 0 Å². The Morgan fingerprint density at radius 1 is 1.55 bits per heavy atom. The van der Waals surface area contributed by atoms with E-state index < -0.39 is 34.1 Å². The van der Waals surface area contributed by atoms with Crippen molar-refractivity contribution in [1.29, 1.82) is 0 Å². The Kier molecular flexibility index (Phi) is 4.41. The summed E-state index contributed by atoms with van der Waals surface area (Å²) in [5.41, 5.74) is -1.98. The highest BCUT2D eigenvalue weighted by molar-refractivity contribution is 8.00. The number of H-pyrrole nitrogens is 1. The van der Waals surface area contributed by atoms with Gasteiger partial charge in [0.25, 0.3) is 11.6 Å². The molecular weight excluding hydrogens is 294 g/mol. The number of aromatic nitrogens is 2. The van der Waals surface area contributed by atoms with Gasteiger partial charge in [0.05, 0.1) is 28.9 Å². The van der Waals surface area contributed by atoms with E-state index >= 15 is 0 Å². The van der Waals surface area contributed by atoms with E-state index in [2.05, 4.69) is 0 Å². The van der Waals surface area contributed by atoms with Crippen LogP contribution >= 0.6 is 11.8 Å². The van der Waals surface area contributed by atoms with Crippen LogP contribution in [0.5, 0.6) is 0 Å². The van der Waals surface area contributed by atoms with Crippen LogP contribution in [0.25, 0.3) is 6.08 Å². The molecule has 6 nitrogen and oxygen atoms in total. The Morgan fingerprint density at radius 2 is 2.25 bits per heavy atom. The van der Waals surface area contributed by atoms with E-state index in [1.54, 1.807) is 0 Å². The van der Waals surface area contributed by atoms with Crippen molar-refractivity contribution >= 4 is 17.8 Å². The lowest BCUT2D eigenvalue weighted by molar-refractivity contribution is 0.137. The Labute approximate surface area is 115 Å². The minimum atomic E-state index is -2.05. The third-order valence-electron chi connectivity index (χ3n) is 2.95. The van der Waals surface area contributed by atoms with Gasteiger partial charge in [-0.25, -0.2) is 4.79 Å². The van der Waals surface area contributed by atoms with E-state index in [4.69, 9.17) is 5.11 Å². The second-order valence-electron chi connectivity index (χ2n) is 4.30. The summed E-state index contributed by atoms with van der Waals surface area (Å²) >= 11 is 1.15. The van der Waals surface area contributed by atoms with Crippen LogP contribution in [0, 0.1) is 0 Å². The largest absolute Gasteiger partial charge is 0.395 e. The zero-order chi connectivity index (χ0) is 14.9. The molecule has 2 heterocycles. The SMILES string of the molecule is O=c1[nH]c(=O)n([C@H]2CC(O)C(CO)S2)cc1C=C(F)F. The summed E-state index contributed by atoms with van der Waals surface area (Å²) in [5.74, 6) is 0. The second-order valence-corrected chi connectivity index (χ2v) is 5.72. The minimum Gasteiger partial charge on any atom is -0.395 e. The zero-order valence-corrected chi connectivity index (χ0v) is 10.9. The quantitative estimate of drug-likeness (QED) is 0.738. The molecule has 0 aromatic carbocycles. The number of aromatic amines is 1. The van der Waals surface area contributed by atoms with Gasteiger partial charge in [0, 0.05) is 18.7 Å². The van der Waals surface area contributed by atoms with E-state index in [0.717, 1.165) is 22.5 Å². The Morgan fingerprint density at radius 3 is 2.80 bits per heavy atom. The van der Waals surface area contributed by atoms with Crippen molar-refractivity contribution < 1.29 is 19.0 Å². The fraction of sp³-hybridized carbons (Fsp3) is 0.455. The number of hydrogen-bond acceptors (Lipinski definition) is 5. The zero-order valence-electron chi connectivity index (χ0n) is 10.1. The van der Waals surface area contributed by atoms with Crippen molar-refractivity contribution in [3.8, 4) is 0 Å². The maximum absolute atomic E-state index is 12.2. The van der Waals surface area contributed by atoms with E-state index in [9.17, 15) is 23.5 Å². The third-order valence-corrected chi connectivity index (χ3v) is 4.50. The van der Waals surface area contributed by atoms with Crippen molar-refractivity contribution in [3.05, 3.63) is 38.7 Å². The molecule has 1 aromatic heterocycles. The predicted octanol–water partition coefficient (Wildman–Crippen LogP) is 0.131. The summed E-state index contributed by atoms with van der Waals surface area (Å²) in [5, 5.41) is 17.8. The van der Waals surface area contributed by atoms with E-state index in [1.807, 2.05) is 4.98 Å². The molecule has 3 N–H and O–H groups in total. The number of rotatable bonds is 3. The topological polar surface area (TPSA) is 95.3 Å². The molecule has 0 amide bonds. The molecular formula is C11H12F2N2O4S. The average Bonchev–Trinajstić information content (AvgIpc) is 2.73. The Hall–Kier alpha value is -1.45. The number of halogens is 2. The van der Waals surface area contributed by atoms with Crippen LogP contribution in [0.15, 0.2) is 21.9 Å². The molecule has 3 atom stereocenters. The van der Waals surface area contributed by atoms with Crippen LogP contribution in [-0.2, 0) is 0 Å². The first kappa shape index (κ1) is 14.9. The molecule has 0 radical (unpaired) electrons. The highest BCUT2D eigenvalue weighted by atomic mass is 32.2. The maximum atomic E-state index is 12.2. The van der Waals surface area contributed by atoms with Crippen molar-refractivity contribution in [1.82, 2.24) is 9.55 Å². The van der Waals surface area contributed by atoms with Crippen molar-refractivity contribution in [3.63, 3.8) is 0 Å². The molecule has 20 heavy (non-hydrogen) atoms. The molecule has 1 saturated heterocycles. The number of thioether (sulfide) groups is 1. The molecule has 9 heteroatoms. The molecule has 1 aliphatic rings. The number of aliphatic hydroxyl groups is 2. The van der Waals surface area contributed by atoms with E-state index in [0.29, 0.717) is 6.08 Å². The highest BCUT2D eigenvalue weighted by Crippen LogP contribution is 2.40. The van der Waals surface area contributed by atoms with Gasteiger partial charge in [-0.3, -0.25) is 14.3 Å². The molecule has 0 saturated carbocycles. The molecule has 110 valence electrons. The van der Waals surface area contributed by atoms with Crippen molar-refractivity contribution in [2.75, 3.05) is 6.61 Å². The summed E-state index contributed by atoms with van der Waals surface area (Å²) < 4.78 is 25.5. The second kappa shape index (κ2) is 5.90. The predicted molar refractivity (Wildman–Crippen MR) is 69.6 cm³/mol. The van der Waals surface area contributed by atoms with Gasteiger partial charge in [-0.2, -0.15) is 8.78 Å². The Bertz CT molecular complexity index is 638. The molecule has 2 unspecified atom stereocenters. The van der Waals surface area contributed by atoms with E-state index in [-0.39, 0.29) is 18.6 Å². The van der Waals surface area contributed by atoms with Gasteiger partial charge in [0.2, 0.25) is 0 Å². The van der Waals surface area contributed by atoms with Gasteiger partial charge in [0.15, 0.2) is 0 Å². The standard InChI is InChI=1S/C11H12F2N2O4S/c12-8(13)1-5-3-15(11(19)14-10(5)18)9-2-6(17)7(4-16)20-9/h1,3,6-7,9,16-17H,2,4H2,(H,14,18,19)/t6?,7?,9-/m1/s1. The molecule has 2 rings (SSSR count). The normalized spacial score (nSPS) is 25.7. The molecule has 1 fully saturated rings. The van der Waals surface area contributed by atoms with Gasteiger partial charge < -0.3 is 10.2 Å². The van der Waals surface area contributed by atoms with Crippen LogP contribution in [0.1, 0.15) is 17.4 Å². The minimum absolute atomic E-state index is 0.184. The molecule has 0 spiro atoms. The third kappa shape index (κ3) is 3.00. The lowest BCUT2D eigenvalue weighted by atomic mass is 10.2. The van der Waals surface area contributed by atoms with Gasteiger partial charge >= 0.3 is 5.69 Å². The van der Waals surface area contributed by atoms with Crippen LogP contribution < -0.4 is 11.2 Å². The molecule has 0 aliphatic carbocycles.